The lowest BCUT2D eigenvalue weighted by Gasteiger charge is -2.16. The molecule has 1 aromatic rings. The maximum absolute atomic E-state index is 12.0. The number of nitrogens with one attached hydrogen (secondary N) is 1. The van der Waals surface area contributed by atoms with Crippen molar-refractivity contribution in [3.05, 3.63) is 29.8 Å². The molecule has 3 nitrogen and oxygen atoms in total. The number of hydrogen-bond donors (Lipinski definition) is 2. The predicted octanol–water partition coefficient (Wildman–Crippen LogP) is 4.21. The first-order valence-electron chi connectivity index (χ1n) is 7.83. The monoisotopic (exact) mass is 342 g/mol. The van der Waals surface area contributed by atoms with Crippen LogP contribution in [0.1, 0.15) is 45.1 Å². The summed E-state index contributed by atoms with van der Waals surface area (Å²) in [5, 5.41) is 3.74. The van der Waals surface area contributed by atoms with Crippen LogP contribution in [0.3, 0.4) is 0 Å². The number of halogens is 1. The number of hydrogen-bond acceptors (Lipinski definition) is 3. The first-order valence-corrected chi connectivity index (χ1v) is 8.88. The minimum atomic E-state index is -0.457. The maximum atomic E-state index is 12.0. The van der Waals surface area contributed by atoms with Crippen LogP contribution in [0.15, 0.2) is 24.3 Å². The fourth-order valence-electron chi connectivity index (χ4n) is 2.54. The van der Waals surface area contributed by atoms with Crippen LogP contribution in [0.5, 0.6) is 0 Å². The van der Waals surface area contributed by atoms with Gasteiger partial charge in [-0.2, -0.15) is 11.8 Å². The Morgan fingerprint density at radius 1 is 1.36 bits per heavy atom. The summed E-state index contributed by atoms with van der Waals surface area (Å²) < 4.78 is 0. The zero-order valence-electron chi connectivity index (χ0n) is 13.4. The number of carbonyl (C=O) groups excluding carboxylic acids is 1. The molecule has 0 unspecified atom stereocenters. The number of thioether (sulfide) groups is 1. The van der Waals surface area contributed by atoms with Gasteiger partial charge >= 0.3 is 0 Å². The highest BCUT2D eigenvalue weighted by atomic mass is 35.5. The molecule has 2 rings (SSSR count). The molecule has 1 atom stereocenters. The zero-order chi connectivity index (χ0) is 15.2. The van der Waals surface area contributed by atoms with E-state index in [-0.39, 0.29) is 24.2 Å². The van der Waals surface area contributed by atoms with E-state index in [0.29, 0.717) is 0 Å². The highest BCUT2D eigenvalue weighted by Crippen LogP contribution is 2.31. The summed E-state index contributed by atoms with van der Waals surface area (Å²) in [6, 6.07) is 7.66. The summed E-state index contributed by atoms with van der Waals surface area (Å²) in [4.78, 5) is 12.0. The average molecular weight is 343 g/mol. The van der Waals surface area contributed by atoms with E-state index in [9.17, 15) is 4.79 Å². The Kier molecular flexibility index (Phi) is 8.29. The van der Waals surface area contributed by atoms with E-state index in [4.69, 9.17) is 5.73 Å². The first-order chi connectivity index (χ1) is 10.1. The summed E-state index contributed by atoms with van der Waals surface area (Å²) >= 11 is 2.04. The third-order valence-electron chi connectivity index (χ3n) is 4.00. The van der Waals surface area contributed by atoms with Crippen LogP contribution >= 0.6 is 24.2 Å². The Hall–Kier alpha value is -0.710. The van der Waals surface area contributed by atoms with Gasteiger partial charge in [-0.1, -0.05) is 38.8 Å². The number of benzene rings is 1. The van der Waals surface area contributed by atoms with Crippen LogP contribution in [-0.2, 0) is 10.5 Å². The molecule has 1 fully saturated rings. The Labute approximate surface area is 144 Å². The SMILES string of the molecule is CC(C)[C@H](N)C(=O)Nc1cccc(CSC2CCCC2)c1.Cl. The van der Waals surface area contributed by atoms with Crippen molar-refractivity contribution in [2.45, 2.75) is 56.6 Å². The number of rotatable bonds is 6. The van der Waals surface area contributed by atoms with Gasteiger partial charge in [0.05, 0.1) is 6.04 Å². The second-order valence-corrected chi connectivity index (χ2v) is 7.47. The van der Waals surface area contributed by atoms with Crippen molar-refractivity contribution < 1.29 is 4.79 Å². The van der Waals surface area contributed by atoms with Crippen LogP contribution < -0.4 is 11.1 Å². The quantitative estimate of drug-likeness (QED) is 0.814. The van der Waals surface area contributed by atoms with Crippen molar-refractivity contribution >= 4 is 35.8 Å². The maximum Gasteiger partial charge on any atom is 0.241 e. The van der Waals surface area contributed by atoms with Gasteiger partial charge in [-0.3, -0.25) is 4.79 Å². The highest BCUT2D eigenvalue weighted by Gasteiger charge is 2.18. The van der Waals surface area contributed by atoms with Gasteiger partial charge in [-0.25, -0.2) is 0 Å². The lowest BCUT2D eigenvalue weighted by Crippen LogP contribution is -2.39. The minimum absolute atomic E-state index is 0. The molecule has 1 saturated carbocycles. The van der Waals surface area contributed by atoms with Gasteiger partial charge in [0.25, 0.3) is 0 Å². The van der Waals surface area contributed by atoms with Crippen LogP contribution in [-0.4, -0.2) is 17.2 Å². The highest BCUT2D eigenvalue weighted by molar-refractivity contribution is 7.99. The normalized spacial score (nSPS) is 16.4. The third kappa shape index (κ3) is 5.82. The number of nitrogens with two attached hydrogens (primary N) is 1. The molecule has 1 amide bonds. The number of anilines is 1. The van der Waals surface area contributed by atoms with Crippen molar-refractivity contribution in [1.29, 1.82) is 0 Å². The van der Waals surface area contributed by atoms with Gasteiger partial charge in [-0.05, 0) is 36.5 Å². The molecular weight excluding hydrogens is 316 g/mol. The van der Waals surface area contributed by atoms with E-state index < -0.39 is 6.04 Å². The molecule has 5 heteroatoms. The molecule has 1 aliphatic carbocycles. The van der Waals surface area contributed by atoms with Gasteiger partial charge in [0, 0.05) is 16.7 Å². The fraction of sp³-hybridized carbons (Fsp3) is 0.588. The molecule has 1 aliphatic rings. The van der Waals surface area contributed by atoms with Gasteiger partial charge in [0.15, 0.2) is 0 Å². The van der Waals surface area contributed by atoms with Crippen molar-refractivity contribution in [2.75, 3.05) is 5.32 Å². The van der Waals surface area contributed by atoms with E-state index in [1.54, 1.807) is 0 Å². The topological polar surface area (TPSA) is 55.1 Å². The first kappa shape index (κ1) is 19.3. The molecule has 1 aromatic carbocycles. The van der Waals surface area contributed by atoms with Gasteiger partial charge in [0.1, 0.15) is 0 Å². The smallest absolute Gasteiger partial charge is 0.241 e. The minimum Gasteiger partial charge on any atom is -0.325 e. The Bertz CT molecular complexity index is 475. The van der Waals surface area contributed by atoms with Gasteiger partial charge in [-0.15, -0.1) is 12.4 Å². The van der Waals surface area contributed by atoms with Crippen LogP contribution in [0.25, 0.3) is 0 Å². The zero-order valence-corrected chi connectivity index (χ0v) is 15.0. The van der Waals surface area contributed by atoms with E-state index in [1.807, 2.05) is 37.7 Å². The standard InChI is InChI=1S/C17H26N2OS.ClH/c1-12(2)16(18)17(20)19-14-7-5-6-13(10-14)11-21-15-8-3-4-9-15;/h5-7,10,12,15-16H,3-4,8-9,11,18H2,1-2H3,(H,19,20);1H/t16-;/m0./s1. The van der Waals surface area contributed by atoms with Crippen molar-refractivity contribution in [2.24, 2.45) is 11.7 Å². The summed E-state index contributed by atoms with van der Waals surface area (Å²) in [5.41, 5.74) is 7.99. The number of amides is 1. The van der Waals surface area contributed by atoms with Crippen molar-refractivity contribution in [3.8, 4) is 0 Å². The Morgan fingerprint density at radius 2 is 2.05 bits per heavy atom. The molecule has 0 radical (unpaired) electrons. The van der Waals surface area contributed by atoms with Crippen LogP contribution in [0, 0.1) is 5.92 Å². The molecule has 0 aromatic heterocycles. The second kappa shape index (κ2) is 9.43. The predicted molar refractivity (Wildman–Crippen MR) is 98.7 cm³/mol. The molecule has 3 N–H and O–H groups in total. The molecule has 0 spiro atoms. The number of carbonyl (C=O) groups is 1. The summed E-state index contributed by atoms with van der Waals surface area (Å²) in [6.07, 6.45) is 5.45. The second-order valence-electron chi connectivity index (χ2n) is 6.18. The lowest BCUT2D eigenvalue weighted by molar-refractivity contribution is -0.118. The molecular formula is C17H27ClN2OS. The largest absolute Gasteiger partial charge is 0.325 e. The van der Waals surface area contributed by atoms with Gasteiger partial charge in [0.2, 0.25) is 5.91 Å². The van der Waals surface area contributed by atoms with E-state index in [1.165, 1.54) is 31.2 Å². The summed E-state index contributed by atoms with van der Waals surface area (Å²) in [5.74, 6) is 1.06. The Morgan fingerprint density at radius 3 is 2.68 bits per heavy atom. The third-order valence-corrected chi connectivity index (χ3v) is 5.45. The molecule has 0 aliphatic heterocycles. The molecule has 22 heavy (non-hydrogen) atoms. The van der Waals surface area contributed by atoms with Gasteiger partial charge < -0.3 is 11.1 Å². The van der Waals surface area contributed by atoms with Crippen LogP contribution in [0.2, 0.25) is 0 Å². The van der Waals surface area contributed by atoms with E-state index >= 15 is 0 Å². The molecule has 0 bridgehead atoms. The summed E-state index contributed by atoms with van der Waals surface area (Å²) in [6.45, 7) is 3.91. The summed E-state index contributed by atoms with van der Waals surface area (Å²) in [7, 11) is 0. The molecule has 0 heterocycles. The Balaban J connectivity index is 0.00000242. The molecule has 0 saturated heterocycles. The average Bonchev–Trinajstić information content (AvgIpc) is 2.98. The fourth-order valence-corrected chi connectivity index (χ4v) is 3.81. The molecule has 124 valence electrons. The van der Waals surface area contributed by atoms with Crippen molar-refractivity contribution in [1.82, 2.24) is 0 Å². The van der Waals surface area contributed by atoms with Crippen LogP contribution in [0.4, 0.5) is 5.69 Å². The van der Waals surface area contributed by atoms with E-state index in [0.717, 1.165) is 16.7 Å². The van der Waals surface area contributed by atoms with E-state index in [2.05, 4.69) is 17.4 Å². The van der Waals surface area contributed by atoms with Crippen molar-refractivity contribution in [3.63, 3.8) is 0 Å². The lowest BCUT2D eigenvalue weighted by atomic mass is 10.0.